The highest BCUT2D eigenvalue weighted by atomic mass is 127. The standard InChI is InChI=1S/C11H23IN2/c1-5-6-11(13(4)12)7-8-14(9-11)10(2)3/h10H,5-9H2,1-4H3. The molecule has 14 heavy (non-hydrogen) atoms. The van der Waals surface area contributed by atoms with Crippen LogP contribution >= 0.6 is 22.9 Å². The predicted molar refractivity (Wildman–Crippen MR) is 70.7 cm³/mol. The summed E-state index contributed by atoms with van der Waals surface area (Å²) in [6.07, 6.45) is 3.95. The summed E-state index contributed by atoms with van der Waals surface area (Å²) in [5.41, 5.74) is 0.444. The Morgan fingerprint density at radius 1 is 1.50 bits per heavy atom. The fourth-order valence-corrected chi connectivity index (χ4v) is 3.04. The van der Waals surface area contributed by atoms with Crippen molar-refractivity contribution in [3.63, 3.8) is 0 Å². The molecule has 0 N–H and O–H groups in total. The zero-order chi connectivity index (χ0) is 10.8. The number of rotatable bonds is 4. The first-order valence-electron chi connectivity index (χ1n) is 5.65. The predicted octanol–water partition coefficient (Wildman–Crippen LogP) is 2.92. The summed E-state index contributed by atoms with van der Waals surface area (Å²) in [5.74, 6) is 0. The number of hydrogen-bond donors (Lipinski definition) is 0. The SMILES string of the molecule is CCCC1(N(C)I)CCN(C(C)C)C1. The van der Waals surface area contributed by atoms with Crippen molar-refractivity contribution in [1.82, 2.24) is 8.01 Å². The molecule has 3 heteroatoms. The van der Waals surface area contributed by atoms with Crippen molar-refractivity contribution in [2.75, 3.05) is 20.1 Å². The summed E-state index contributed by atoms with van der Waals surface area (Å²) >= 11 is 2.46. The van der Waals surface area contributed by atoms with E-state index in [0.29, 0.717) is 11.6 Å². The molecule has 1 unspecified atom stereocenters. The van der Waals surface area contributed by atoms with Gasteiger partial charge in [0, 0.05) is 47.5 Å². The average molecular weight is 310 g/mol. The van der Waals surface area contributed by atoms with Gasteiger partial charge in [-0.3, -0.25) is 4.90 Å². The highest BCUT2D eigenvalue weighted by Crippen LogP contribution is 2.34. The third-order valence-corrected chi connectivity index (χ3v) is 4.48. The zero-order valence-electron chi connectivity index (χ0n) is 9.89. The maximum absolute atomic E-state index is 2.60. The van der Waals surface area contributed by atoms with E-state index in [0.717, 1.165) is 0 Å². The molecule has 0 aromatic rings. The molecule has 1 heterocycles. The number of halogens is 1. The number of likely N-dealkylation sites (N-methyl/N-ethyl adjacent to an activating group) is 1. The Morgan fingerprint density at radius 2 is 2.14 bits per heavy atom. The van der Waals surface area contributed by atoms with Crippen LogP contribution in [0.4, 0.5) is 0 Å². The van der Waals surface area contributed by atoms with Gasteiger partial charge in [-0.05, 0) is 33.7 Å². The topological polar surface area (TPSA) is 6.48 Å². The van der Waals surface area contributed by atoms with Gasteiger partial charge in [-0.2, -0.15) is 0 Å². The lowest BCUT2D eigenvalue weighted by atomic mass is 9.93. The molecular weight excluding hydrogens is 287 g/mol. The van der Waals surface area contributed by atoms with Crippen molar-refractivity contribution in [1.29, 1.82) is 0 Å². The number of nitrogens with zero attached hydrogens (tertiary/aromatic N) is 2. The van der Waals surface area contributed by atoms with Crippen molar-refractivity contribution in [3.05, 3.63) is 0 Å². The second kappa shape index (κ2) is 5.12. The molecule has 2 nitrogen and oxygen atoms in total. The first kappa shape index (κ1) is 12.7. The molecule has 0 aromatic heterocycles. The lowest BCUT2D eigenvalue weighted by Crippen LogP contribution is -2.44. The van der Waals surface area contributed by atoms with Gasteiger partial charge in [-0.15, -0.1) is 0 Å². The quantitative estimate of drug-likeness (QED) is 0.582. The Labute approximate surface area is 103 Å². The summed E-state index contributed by atoms with van der Waals surface area (Å²) in [4.78, 5) is 2.60. The van der Waals surface area contributed by atoms with E-state index < -0.39 is 0 Å². The summed E-state index contributed by atoms with van der Waals surface area (Å²) in [6, 6.07) is 0.699. The first-order valence-corrected chi connectivity index (χ1v) is 6.62. The molecular formula is C11H23IN2. The normalized spacial score (nSPS) is 29.4. The van der Waals surface area contributed by atoms with Crippen molar-refractivity contribution in [3.8, 4) is 0 Å². The van der Waals surface area contributed by atoms with E-state index in [9.17, 15) is 0 Å². The van der Waals surface area contributed by atoms with Crippen LogP contribution in [-0.2, 0) is 0 Å². The van der Waals surface area contributed by atoms with Gasteiger partial charge in [0.05, 0.1) is 0 Å². The lowest BCUT2D eigenvalue weighted by Gasteiger charge is -2.35. The molecule has 0 radical (unpaired) electrons. The van der Waals surface area contributed by atoms with E-state index in [4.69, 9.17) is 0 Å². The second-order valence-corrected chi connectivity index (χ2v) is 6.21. The van der Waals surface area contributed by atoms with E-state index in [-0.39, 0.29) is 0 Å². The van der Waals surface area contributed by atoms with Crippen LogP contribution in [0, 0.1) is 0 Å². The summed E-state index contributed by atoms with van der Waals surface area (Å²) in [5, 5.41) is 0. The van der Waals surface area contributed by atoms with Crippen molar-refractivity contribution < 1.29 is 0 Å². The van der Waals surface area contributed by atoms with Crippen molar-refractivity contribution in [2.24, 2.45) is 0 Å². The van der Waals surface area contributed by atoms with E-state index in [2.05, 4.69) is 58.7 Å². The Hall–Kier alpha value is 0.650. The molecule has 1 atom stereocenters. The van der Waals surface area contributed by atoms with Crippen molar-refractivity contribution in [2.45, 2.75) is 51.6 Å². The minimum Gasteiger partial charge on any atom is -0.299 e. The zero-order valence-corrected chi connectivity index (χ0v) is 12.0. The first-order chi connectivity index (χ1) is 6.52. The molecule has 0 saturated carbocycles. The van der Waals surface area contributed by atoms with Gasteiger partial charge < -0.3 is 0 Å². The molecule has 0 bridgehead atoms. The van der Waals surface area contributed by atoms with Gasteiger partial charge in [0.25, 0.3) is 0 Å². The Bertz CT molecular complexity index is 182. The number of likely N-dealkylation sites (tertiary alicyclic amines) is 1. The second-order valence-electron chi connectivity index (χ2n) is 4.77. The fraction of sp³-hybridized carbons (Fsp3) is 1.00. The third kappa shape index (κ3) is 2.61. The Morgan fingerprint density at radius 3 is 2.50 bits per heavy atom. The van der Waals surface area contributed by atoms with E-state index in [1.165, 1.54) is 32.4 Å². The van der Waals surface area contributed by atoms with E-state index in [1.807, 2.05) is 0 Å². The molecule has 1 aliphatic heterocycles. The highest BCUT2D eigenvalue weighted by molar-refractivity contribution is 14.1. The fourth-order valence-electron chi connectivity index (χ4n) is 2.40. The summed E-state index contributed by atoms with van der Waals surface area (Å²) in [7, 11) is 2.22. The monoisotopic (exact) mass is 310 g/mol. The van der Waals surface area contributed by atoms with Gasteiger partial charge >= 0.3 is 0 Å². The summed E-state index contributed by atoms with van der Waals surface area (Å²) in [6.45, 7) is 9.41. The molecule has 0 amide bonds. The number of hydrogen-bond acceptors (Lipinski definition) is 2. The highest BCUT2D eigenvalue weighted by Gasteiger charge is 2.40. The molecule has 1 saturated heterocycles. The van der Waals surface area contributed by atoms with Crippen LogP contribution in [0.15, 0.2) is 0 Å². The van der Waals surface area contributed by atoms with Crippen LogP contribution in [0.5, 0.6) is 0 Å². The minimum atomic E-state index is 0.444. The van der Waals surface area contributed by atoms with Gasteiger partial charge in [0.1, 0.15) is 0 Å². The third-order valence-electron chi connectivity index (χ3n) is 3.46. The van der Waals surface area contributed by atoms with E-state index in [1.54, 1.807) is 0 Å². The molecule has 0 aliphatic carbocycles. The van der Waals surface area contributed by atoms with Gasteiger partial charge in [0.15, 0.2) is 0 Å². The lowest BCUT2D eigenvalue weighted by molar-refractivity contribution is 0.201. The van der Waals surface area contributed by atoms with Crippen LogP contribution < -0.4 is 0 Å². The van der Waals surface area contributed by atoms with Crippen LogP contribution in [0.25, 0.3) is 0 Å². The van der Waals surface area contributed by atoms with Gasteiger partial charge in [0.2, 0.25) is 0 Å². The smallest absolute Gasteiger partial charge is 0.0441 e. The van der Waals surface area contributed by atoms with Crippen LogP contribution in [0.1, 0.15) is 40.0 Å². The molecule has 84 valence electrons. The average Bonchev–Trinajstić information content (AvgIpc) is 2.50. The molecule has 1 rings (SSSR count). The summed E-state index contributed by atoms with van der Waals surface area (Å²) < 4.78 is 2.41. The molecule has 0 aromatic carbocycles. The van der Waals surface area contributed by atoms with Gasteiger partial charge in [-0.25, -0.2) is 3.11 Å². The van der Waals surface area contributed by atoms with E-state index >= 15 is 0 Å². The Balaban J connectivity index is 2.64. The maximum atomic E-state index is 2.60. The van der Waals surface area contributed by atoms with Gasteiger partial charge in [-0.1, -0.05) is 13.3 Å². The van der Waals surface area contributed by atoms with Crippen molar-refractivity contribution >= 4 is 22.9 Å². The van der Waals surface area contributed by atoms with Crippen LogP contribution in [0.3, 0.4) is 0 Å². The van der Waals surface area contributed by atoms with Crippen LogP contribution in [-0.4, -0.2) is 39.7 Å². The maximum Gasteiger partial charge on any atom is 0.0441 e. The van der Waals surface area contributed by atoms with Crippen LogP contribution in [0.2, 0.25) is 0 Å². The molecule has 0 spiro atoms. The molecule has 1 fully saturated rings. The minimum absolute atomic E-state index is 0.444. The molecule has 1 aliphatic rings. The largest absolute Gasteiger partial charge is 0.299 e. The Kier molecular flexibility index (Phi) is 4.65.